The summed E-state index contributed by atoms with van der Waals surface area (Å²) in [7, 11) is 0. The molecule has 0 saturated heterocycles. The van der Waals surface area contributed by atoms with Crippen molar-refractivity contribution >= 4 is 22.8 Å². The summed E-state index contributed by atoms with van der Waals surface area (Å²) < 4.78 is 5.66. The van der Waals surface area contributed by atoms with Gasteiger partial charge in [0.1, 0.15) is 6.61 Å². The maximum Gasteiger partial charge on any atom is 0.171 e. The summed E-state index contributed by atoms with van der Waals surface area (Å²) in [5.41, 5.74) is 1.60. The molecule has 4 heteroatoms. The second-order valence-electron chi connectivity index (χ2n) is 4.78. The largest absolute Gasteiger partial charge is 0.489 e. The Balaban J connectivity index is 1.83. The predicted molar refractivity (Wildman–Crippen MR) is 82.2 cm³/mol. The Morgan fingerprint density at radius 2 is 2.15 bits per heavy atom. The van der Waals surface area contributed by atoms with Crippen LogP contribution in [0.15, 0.2) is 30.3 Å². The van der Waals surface area contributed by atoms with Gasteiger partial charge >= 0.3 is 0 Å². The zero-order valence-corrected chi connectivity index (χ0v) is 12.3. The maximum absolute atomic E-state index is 12.5. The van der Waals surface area contributed by atoms with E-state index in [9.17, 15) is 4.79 Å². The topological polar surface area (TPSA) is 38.3 Å². The lowest BCUT2D eigenvalue weighted by molar-refractivity contribution is 0.0990. The van der Waals surface area contributed by atoms with E-state index in [1.165, 1.54) is 4.88 Å². The maximum atomic E-state index is 12.5. The highest BCUT2D eigenvalue weighted by Gasteiger charge is 2.19. The highest BCUT2D eigenvalue weighted by atomic mass is 32.1. The van der Waals surface area contributed by atoms with Gasteiger partial charge in [0.25, 0.3) is 0 Å². The van der Waals surface area contributed by atoms with Gasteiger partial charge in [-0.1, -0.05) is 13.0 Å². The summed E-state index contributed by atoms with van der Waals surface area (Å²) in [5, 5.41) is 3.26. The van der Waals surface area contributed by atoms with E-state index in [0.29, 0.717) is 24.3 Å². The van der Waals surface area contributed by atoms with E-state index in [1.54, 1.807) is 11.3 Å². The normalized spacial score (nSPS) is 13.2. The summed E-state index contributed by atoms with van der Waals surface area (Å²) in [5.74, 6) is 0.825. The Labute approximate surface area is 122 Å². The molecule has 0 saturated carbocycles. The fourth-order valence-corrected chi connectivity index (χ4v) is 3.31. The molecule has 2 aromatic rings. The molecule has 1 aromatic heterocycles. The number of hydrogen-bond donors (Lipinski definition) is 1. The summed E-state index contributed by atoms with van der Waals surface area (Å²) in [6.45, 7) is 3.52. The van der Waals surface area contributed by atoms with Crippen LogP contribution in [-0.4, -0.2) is 18.9 Å². The molecule has 0 aliphatic carbocycles. The molecule has 0 radical (unpaired) electrons. The van der Waals surface area contributed by atoms with Crippen molar-refractivity contribution in [3.05, 3.63) is 45.6 Å². The second-order valence-corrected chi connectivity index (χ2v) is 6.03. The molecule has 0 spiro atoms. The van der Waals surface area contributed by atoms with Crippen molar-refractivity contribution in [2.75, 3.05) is 18.5 Å². The zero-order chi connectivity index (χ0) is 13.9. The van der Waals surface area contributed by atoms with Crippen molar-refractivity contribution in [2.45, 2.75) is 19.8 Å². The quantitative estimate of drug-likeness (QED) is 0.874. The molecule has 3 rings (SSSR count). The number of rotatable bonds is 4. The van der Waals surface area contributed by atoms with Crippen LogP contribution in [0, 0.1) is 0 Å². The zero-order valence-electron chi connectivity index (χ0n) is 11.4. The van der Waals surface area contributed by atoms with Crippen molar-refractivity contribution in [1.82, 2.24) is 0 Å². The molecule has 1 aromatic carbocycles. The average Bonchev–Trinajstić information content (AvgIpc) is 2.94. The summed E-state index contributed by atoms with van der Waals surface area (Å²) in [6.07, 6.45) is 1.47. The van der Waals surface area contributed by atoms with Crippen LogP contribution in [-0.2, 0) is 12.8 Å². The van der Waals surface area contributed by atoms with E-state index in [-0.39, 0.29) is 5.78 Å². The molecule has 104 valence electrons. The molecule has 0 amide bonds. The van der Waals surface area contributed by atoms with Crippen LogP contribution in [0.4, 0.5) is 5.69 Å². The van der Waals surface area contributed by atoms with Gasteiger partial charge in [-0.3, -0.25) is 4.79 Å². The number of nitrogens with one attached hydrogen (secondary N) is 1. The first-order valence-corrected chi connectivity index (χ1v) is 7.70. The number of para-hydroxylation sites is 1. The fraction of sp³-hybridized carbons (Fsp3) is 0.312. The lowest BCUT2D eigenvalue weighted by Gasteiger charge is -2.21. The van der Waals surface area contributed by atoms with Crippen LogP contribution < -0.4 is 10.1 Å². The van der Waals surface area contributed by atoms with Crippen molar-refractivity contribution in [2.24, 2.45) is 0 Å². The smallest absolute Gasteiger partial charge is 0.171 e. The lowest BCUT2D eigenvalue weighted by atomic mass is 10.0. The van der Waals surface area contributed by atoms with Gasteiger partial charge in [0.15, 0.2) is 11.5 Å². The van der Waals surface area contributed by atoms with Gasteiger partial charge in [-0.05, 0) is 30.7 Å². The lowest BCUT2D eigenvalue weighted by Crippen LogP contribution is -2.20. The molecule has 0 fully saturated rings. The number of ether oxygens (including phenoxy) is 1. The van der Waals surface area contributed by atoms with Crippen LogP contribution >= 0.6 is 11.3 Å². The fourth-order valence-electron chi connectivity index (χ4n) is 2.35. The summed E-state index contributed by atoms with van der Waals surface area (Å²) >= 11 is 1.72. The third kappa shape index (κ3) is 2.56. The number of anilines is 1. The standard InChI is InChI=1S/C16H17NO2S/c1-2-11-6-7-12(20-11)10-15(18)13-4-3-5-14-16(13)19-9-8-17-14/h3-7,17H,2,8-10H2,1H3. The van der Waals surface area contributed by atoms with E-state index in [1.807, 2.05) is 18.2 Å². The first-order valence-electron chi connectivity index (χ1n) is 6.88. The molecular formula is C16H17NO2S. The number of Topliss-reactive ketones (excluding diaryl/α,β-unsaturated/α-hetero) is 1. The predicted octanol–water partition coefficient (Wildman–Crippen LogP) is 3.54. The van der Waals surface area contributed by atoms with E-state index in [0.717, 1.165) is 23.5 Å². The Hall–Kier alpha value is -1.81. The monoisotopic (exact) mass is 287 g/mol. The molecule has 3 nitrogen and oxygen atoms in total. The van der Waals surface area contributed by atoms with E-state index >= 15 is 0 Å². The van der Waals surface area contributed by atoms with E-state index in [2.05, 4.69) is 24.4 Å². The average molecular weight is 287 g/mol. The van der Waals surface area contributed by atoms with Crippen LogP contribution in [0.3, 0.4) is 0 Å². The number of fused-ring (bicyclic) bond motifs is 1. The van der Waals surface area contributed by atoms with Crippen LogP contribution in [0.2, 0.25) is 0 Å². The Morgan fingerprint density at radius 1 is 1.30 bits per heavy atom. The minimum absolute atomic E-state index is 0.120. The first kappa shape index (κ1) is 13.2. The number of hydrogen-bond acceptors (Lipinski definition) is 4. The van der Waals surface area contributed by atoms with Gasteiger partial charge in [0.05, 0.1) is 11.3 Å². The molecule has 0 unspecified atom stereocenters. The first-order chi connectivity index (χ1) is 9.78. The summed E-state index contributed by atoms with van der Waals surface area (Å²) in [6, 6.07) is 9.86. The van der Waals surface area contributed by atoms with Gasteiger partial charge in [-0.2, -0.15) is 0 Å². The molecule has 1 N–H and O–H groups in total. The van der Waals surface area contributed by atoms with Crippen LogP contribution in [0.25, 0.3) is 0 Å². The van der Waals surface area contributed by atoms with Gasteiger partial charge < -0.3 is 10.1 Å². The third-order valence-corrected chi connectivity index (χ3v) is 4.61. The van der Waals surface area contributed by atoms with Gasteiger partial charge in [0.2, 0.25) is 0 Å². The molecule has 2 heterocycles. The number of ketones is 1. The second kappa shape index (κ2) is 5.67. The molecule has 0 bridgehead atoms. The van der Waals surface area contributed by atoms with E-state index in [4.69, 9.17) is 4.74 Å². The van der Waals surface area contributed by atoms with E-state index < -0.39 is 0 Å². The summed E-state index contributed by atoms with van der Waals surface area (Å²) in [4.78, 5) is 14.9. The third-order valence-electron chi connectivity index (χ3n) is 3.38. The molecule has 0 atom stereocenters. The number of carbonyl (C=O) groups is 1. The Kier molecular flexibility index (Phi) is 3.74. The van der Waals surface area contributed by atoms with Crippen molar-refractivity contribution < 1.29 is 9.53 Å². The number of benzene rings is 1. The molecule has 20 heavy (non-hydrogen) atoms. The van der Waals surface area contributed by atoms with Crippen molar-refractivity contribution in [3.8, 4) is 5.75 Å². The highest BCUT2D eigenvalue weighted by molar-refractivity contribution is 7.12. The van der Waals surface area contributed by atoms with Crippen LogP contribution in [0.1, 0.15) is 27.0 Å². The number of aryl methyl sites for hydroxylation is 1. The Bertz CT molecular complexity index is 633. The molecule has 1 aliphatic rings. The van der Waals surface area contributed by atoms with Crippen LogP contribution in [0.5, 0.6) is 5.75 Å². The number of carbonyl (C=O) groups excluding carboxylic acids is 1. The van der Waals surface area contributed by atoms with Crippen molar-refractivity contribution in [3.63, 3.8) is 0 Å². The number of thiophene rings is 1. The SMILES string of the molecule is CCc1ccc(CC(=O)c2cccc3c2OCCN3)s1. The highest BCUT2D eigenvalue weighted by Crippen LogP contribution is 2.32. The molecule has 1 aliphatic heterocycles. The molecular weight excluding hydrogens is 270 g/mol. The van der Waals surface area contributed by atoms with Crippen molar-refractivity contribution in [1.29, 1.82) is 0 Å². The Morgan fingerprint density at radius 3 is 2.95 bits per heavy atom. The van der Waals surface area contributed by atoms with Gasteiger partial charge in [-0.25, -0.2) is 0 Å². The van der Waals surface area contributed by atoms with Gasteiger partial charge in [0, 0.05) is 22.7 Å². The van der Waals surface area contributed by atoms with Gasteiger partial charge in [-0.15, -0.1) is 11.3 Å². The minimum atomic E-state index is 0.120. The minimum Gasteiger partial charge on any atom is -0.489 e.